The van der Waals surface area contributed by atoms with E-state index in [1.807, 2.05) is 30.3 Å². The van der Waals surface area contributed by atoms with Crippen LogP contribution in [0.25, 0.3) is 11.3 Å². The number of rotatable bonds is 6. The quantitative estimate of drug-likeness (QED) is 0.695. The van der Waals surface area contributed by atoms with Crippen molar-refractivity contribution in [2.75, 3.05) is 27.3 Å². The minimum atomic E-state index is -0.128. The molecule has 7 heteroatoms. The van der Waals surface area contributed by atoms with Crippen LogP contribution in [0.4, 0.5) is 0 Å². The molecule has 3 aromatic rings. The van der Waals surface area contributed by atoms with Gasteiger partial charge < -0.3 is 14.5 Å². The van der Waals surface area contributed by atoms with E-state index in [0.717, 1.165) is 54.5 Å². The molecular weight excluding hydrogens is 368 g/mol. The number of hydrogen-bond donors (Lipinski definition) is 1. The lowest BCUT2D eigenvalue weighted by atomic mass is 10.1. The molecule has 0 amide bonds. The molecule has 1 aliphatic rings. The van der Waals surface area contributed by atoms with Crippen LogP contribution >= 0.6 is 0 Å². The van der Waals surface area contributed by atoms with Gasteiger partial charge >= 0.3 is 0 Å². The zero-order chi connectivity index (χ0) is 20.2. The van der Waals surface area contributed by atoms with Gasteiger partial charge in [-0.15, -0.1) is 0 Å². The smallest absolute Gasteiger partial charge is 0.251 e. The molecule has 29 heavy (non-hydrogen) atoms. The number of hydrogen-bond acceptors (Lipinski definition) is 6. The predicted molar refractivity (Wildman–Crippen MR) is 110 cm³/mol. The topological polar surface area (TPSA) is 80.3 Å². The molecule has 1 aromatic carbocycles. The van der Waals surface area contributed by atoms with Gasteiger partial charge in [-0.05, 0) is 31.2 Å². The van der Waals surface area contributed by atoms with Crippen LogP contribution in [0.3, 0.4) is 0 Å². The molecular formula is C22H24N4O3. The van der Waals surface area contributed by atoms with Crippen molar-refractivity contribution >= 4 is 0 Å². The van der Waals surface area contributed by atoms with Crippen LogP contribution in [0.5, 0.6) is 11.5 Å². The van der Waals surface area contributed by atoms with Gasteiger partial charge in [-0.1, -0.05) is 6.07 Å². The number of likely N-dealkylation sites (tertiary alicyclic amines) is 1. The first kappa shape index (κ1) is 19.1. The summed E-state index contributed by atoms with van der Waals surface area (Å²) in [6.45, 7) is 2.54. The summed E-state index contributed by atoms with van der Waals surface area (Å²) in [6.07, 6.45) is 4.36. The monoisotopic (exact) mass is 392 g/mol. The van der Waals surface area contributed by atoms with E-state index in [-0.39, 0.29) is 11.5 Å². The Morgan fingerprint density at radius 2 is 1.97 bits per heavy atom. The van der Waals surface area contributed by atoms with Gasteiger partial charge in [0.1, 0.15) is 17.3 Å². The maximum absolute atomic E-state index is 12.2. The second-order valence-electron chi connectivity index (χ2n) is 7.15. The zero-order valence-electron chi connectivity index (χ0n) is 16.6. The summed E-state index contributed by atoms with van der Waals surface area (Å²) < 4.78 is 10.8. The van der Waals surface area contributed by atoms with Crippen molar-refractivity contribution in [1.82, 2.24) is 19.9 Å². The van der Waals surface area contributed by atoms with E-state index < -0.39 is 0 Å². The molecule has 4 rings (SSSR count). The first-order valence-corrected chi connectivity index (χ1v) is 9.61. The van der Waals surface area contributed by atoms with Crippen molar-refractivity contribution < 1.29 is 9.47 Å². The molecule has 150 valence electrons. The highest BCUT2D eigenvalue weighted by Gasteiger charge is 2.27. The van der Waals surface area contributed by atoms with Crippen molar-refractivity contribution in [1.29, 1.82) is 0 Å². The summed E-state index contributed by atoms with van der Waals surface area (Å²) in [5.41, 5.74) is 2.56. The molecule has 7 nitrogen and oxygen atoms in total. The maximum Gasteiger partial charge on any atom is 0.251 e. The number of pyridine rings is 1. The first-order valence-electron chi connectivity index (χ1n) is 9.61. The third-order valence-electron chi connectivity index (χ3n) is 5.28. The summed E-state index contributed by atoms with van der Waals surface area (Å²) in [5.74, 6) is 2.53. The van der Waals surface area contributed by atoms with E-state index in [0.29, 0.717) is 5.69 Å². The molecule has 1 N–H and O–H groups in total. The Kier molecular flexibility index (Phi) is 5.57. The van der Waals surface area contributed by atoms with Crippen molar-refractivity contribution in [2.45, 2.75) is 18.9 Å². The molecule has 1 atom stereocenters. The van der Waals surface area contributed by atoms with Crippen LogP contribution in [0.1, 0.15) is 23.7 Å². The number of nitrogens with zero attached hydrogens (tertiary/aromatic N) is 3. The summed E-state index contributed by atoms with van der Waals surface area (Å²) in [7, 11) is 3.32. The minimum absolute atomic E-state index is 0.128. The minimum Gasteiger partial charge on any atom is -0.497 e. The van der Waals surface area contributed by atoms with Gasteiger partial charge in [-0.3, -0.25) is 14.7 Å². The molecule has 3 heterocycles. The lowest BCUT2D eigenvalue weighted by molar-refractivity contribution is 0.315. The van der Waals surface area contributed by atoms with Crippen LogP contribution < -0.4 is 15.0 Å². The van der Waals surface area contributed by atoms with Gasteiger partial charge in [0.05, 0.1) is 19.9 Å². The number of H-pyrrole nitrogens is 1. The van der Waals surface area contributed by atoms with Gasteiger partial charge in [-0.2, -0.15) is 0 Å². The highest BCUT2D eigenvalue weighted by atomic mass is 16.5. The zero-order valence-corrected chi connectivity index (χ0v) is 16.6. The third kappa shape index (κ3) is 4.30. The Morgan fingerprint density at radius 3 is 2.72 bits per heavy atom. The van der Waals surface area contributed by atoms with Crippen LogP contribution in [0, 0.1) is 0 Å². The van der Waals surface area contributed by atoms with E-state index in [2.05, 4.69) is 14.9 Å². The number of ether oxygens (including phenoxy) is 2. The Balaban J connectivity index is 1.51. The van der Waals surface area contributed by atoms with E-state index in [9.17, 15) is 4.79 Å². The fraction of sp³-hybridized carbons (Fsp3) is 0.318. The fourth-order valence-corrected chi connectivity index (χ4v) is 3.76. The fourth-order valence-electron chi connectivity index (χ4n) is 3.76. The molecule has 0 bridgehead atoms. The average Bonchev–Trinajstić information content (AvgIpc) is 3.23. The number of aromatic amines is 1. The molecule has 0 radical (unpaired) electrons. The number of benzene rings is 1. The van der Waals surface area contributed by atoms with Gasteiger partial charge in [0.25, 0.3) is 5.56 Å². The first-order chi connectivity index (χ1) is 14.2. The lowest BCUT2D eigenvalue weighted by Crippen LogP contribution is -2.21. The van der Waals surface area contributed by atoms with Crippen LogP contribution in [0.15, 0.2) is 53.6 Å². The normalized spacial score (nSPS) is 16.7. The highest BCUT2D eigenvalue weighted by molar-refractivity contribution is 5.57. The third-order valence-corrected chi connectivity index (χ3v) is 5.28. The van der Waals surface area contributed by atoms with E-state index >= 15 is 0 Å². The molecule has 2 aromatic heterocycles. The van der Waals surface area contributed by atoms with Gasteiger partial charge in [-0.25, -0.2) is 4.98 Å². The molecule has 0 unspecified atom stereocenters. The Hall–Kier alpha value is -3.19. The molecule has 1 aliphatic heterocycles. The maximum atomic E-state index is 12.2. The summed E-state index contributed by atoms with van der Waals surface area (Å²) in [4.78, 5) is 26.3. The summed E-state index contributed by atoms with van der Waals surface area (Å²) in [6, 6.07) is 11.1. The summed E-state index contributed by atoms with van der Waals surface area (Å²) >= 11 is 0. The largest absolute Gasteiger partial charge is 0.497 e. The number of nitrogens with one attached hydrogen (secondary N) is 1. The SMILES string of the molecule is COc1ccc(CN2CC[C@H](c3nc(-c4ccncc4)cc(=O)[nH]3)C2)c(OC)c1. The predicted octanol–water partition coefficient (Wildman–Crippen LogP) is 2.84. The summed E-state index contributed by atoms with van der Waals surface area (Å²) in [5, 5.41) is 0. The van der Waals surface area contributed by atoms with Crippen LogP contribution in [-0.4, -0.2) is 47.2 Å². The Morgan fingerprint density at radius 1 is 1.14 bits per heavy atom. The molecule has 0 aliphatic carbocycles. The molecule has 1 fully saturated rings. The molecule has 0 spiro atoms. The van der Waals surface area contributed by atoms with Gasteiger partial charge in [0.2, 0.25) is 0 Å². The molecule has 1 saturated heterocycles. The highest BCUT2D eigenvalue weighted by Crippen LogP contribution is 2.30. The van der Waals surface area contributed by atoms with Gasteiger partial charge in [0, 0.05) is 54.7 Å². The lowest BCUT2D eigenvalue weighted by Gasteiger charge is -2.18. The van der Waals surface area contributed by atoms with E-state index in [4.69, 9.17) is 14.5 Å². The van der Waals surface area contributed by atoms with E-state index in [1.54, 1.807) is 26.6 Å². The Labute approximate surface area is 169 Å². The standard InChI is InChI=1S/C22H24N4O3/c1-28-18-4-3-16(20(11-18)29-2)13-26-10-7-17(14-26)22-24-19(12-21(27)25-22)15-5-8-23-9-6-15/h3-6,8-9,11-12,17H,7,10,13-14H2,1-2H3,(H,24,25,27)/t17-/m0/s1. The Bertz CT molecular complexity index is 1040. The average molecular weight is 392 g/mol. The second-order valence-corrected chi connectivity index (χ2v) is 7.15. The van der Waals surface area contributed by atoms with E-state index in [1.165, 1.54) is 6.07 Å². The molecule has 0 saturated carbocycles. The number of methoxy groups -OCH3 is 2. The second kappa shape index (κ2) is 8.45. The van der Waals surface area contributed by atoms with Crippen molar-refractivity contribution in [3.63, 3.8) is 0 Å². The van der Waals surface area contributed by atoms with Crippen LogP contribution in [0.2, 0.25) is 0 Å². The van der Waals surface area contributed by atoms with Gasteiger partial charge in [0.15, 0.2) is 0 Å². The van der Waals surface area contributed by atoms with Crippen LogP contribution in [-0.2, 0) is 6.54 Å². The van der Waals surface area contributed by atoms with Crippen molar-refractivity contribution in [2.24, 2.45) is 0 Å². The van der Waals surface area contributed by atoms with Crippen molar-refractivity contribution in [3.05, 3.63) is 70.5 Å². The van der Waals surface area contributed by atoms with Crippen molar-refractivity contribution in [3.8, 4) is 22.8 Å². The number of aromatic nitrogens is 3.